The maximum absolute atomic E-state index is 8.91. The quantitative estimate of drug-likeness (QED) is 0.819. The zero-order valence-corrected chi connectivity index (χ0v) is 11.2. The van der Waals surface area contributed by atoms with Crippen LogP contribution in [-0.4, -0.2) is 39.8 Å². The first-order chi connectivity index (χ1) is 7.90. The summed E-state index contributed by atoms with van der Waals surface area (Å²) in [5.41, 5.74) is 0.213. The van der Waals surface area contributed by atoms with E-state index in [1.54, 1.807) is 0 Å². The van der Waals surface area contributed by atoms with Crippen LogP contribution >= 0.6 is 0 Å². The molecular weight excluding hydrogens is 218 g/mol. The molecule has 1 aromatic heterocycles. The van der Waals surface area contributed by atoms with E-state index < -0.39 is 0 Å². The second-order valence-corrected chi connectivity index (χ2v) is 5.58. The average Bonchev–Trinajstić information content (AvgIpc) is 2.58. The lowest BCUT2D eigenvalue weighted by Crippen LogP contribution is -2.33. The largest absolute Gasteiger partial charge is 0.396 e. The molecule has 0 aliphatic carbocycles. The van der Waals surface area contributed by atoms with Crippen molar-refractivity contribution in [1.29, 1.82) is 0 Å². The van der Waals surface area contributed by atoms with Gasteiger partial charge in [0.2, 0.25) is 5.89 Å². The van der Waals surface area contributed by atoms with Crippen molar-refractivity contribution in [2.24, 2.45) is 5.41 Å². The summed E-state index contributed by atoms with van der Waals surface area (Å²) >= 11 is 0. The highest BCUT2D eigenvalue weighted by molar-refractivity contribution is 4.83. The van der Waals surface area contributed by atoms with E-state index in [1.165, 1.54) is 0 Å². The molecule has 0 aliphatic rings. The van der Waals surface area contributed by atoms with Gasteiger partial charge in [-0.05, 0) is 18.8 Å². The van der Waals surface area contributed by atoms with E-state index in [9.17, 15) is 0 Å². The summed E-state index contributed by atoms with van der Waals surface area (Å²) in [6.45, 7) is 11.0. The molecule has 0 atom stereocenters. The molecule has 0 unspecified atom stereocenters. The summed E-state index contributed by atoms with van der Waals surface area (Å²) in [6.07, 6.45) is 0.767. The standard InChI is InChI=1S/C12H23N3O2/c1-10-13-11(17-14-10)8-15(6-5-7-16)9-12(2,3)4/h16H,5-9H2,1-4H3. The van der Waals surface area contributed by atoms with Gasteiger partial charge in [0.25, 0.3) is 0 Å². The Morgan fingerprint density at radius 2 is 2.06 bits per heavy atom. The molecule has 98 valence electrons. The van der Waals surface area contributed by atoms with Crippen LogP contribution < -0.4 is 0 Å². The normalized spacial score (nSPS) is 12.4. The molecule has 0 fully saturated rings. The van der Waals surface area contributed by atoms with E-state index in [2.05, 4.69) is 35.8 Å². The van der Waals surface area contributed by atoms with Crippen molar-refractivity contribution in [2.75, 3.05) is 19.7 Å². The van der Waals surface area contributed by atoms with Crippen molar-refractivity contribution in [3.05, 3.63) is 11.7 Å². The smallest absolute Gasteiger partial charge is 0.240 e. The number of aryl methyl sites for hydroxylation is 1. The molecule has 1 heterocycles. The Balaban J connectivity index is 2.56. The van der Waals surface area contributed by atoms with Gasteiger partial charge >= 0.3 is 0 Å². The summed E-state index contributed by atoms with van der Waals surface area (Å²) in [5, 5.41) is 12.7. The van der Waals surface area contributed by atoms with Crippen molar-refractivity contribution in [3.8, 4) is 0 Å². The summed E-state index contributed by atoms with van der Waals surface area (Å²) < 4.78 is 5.12. The van der Waals surface area contributed by atoms with E-state index >= 15 is 0 Å². The lowest BCUT2D eigenvalue weighted by Gasteiger charge is -2.28. The number of aliphatic hydroxyl groups excluding tert-OH is 1. The molecule has 0 radical (unpaired) electrons. The Labute approximate surface area is 103 Å². The number of aromatic nitrogens is 2. The Bertz CT molecular complexity index is 331. The second-order valence-electron chi connectivity index (χ2n) is 5.58. The first-order valence-corrected chi connectivity index (χ1v) is 6.03. The third-order valence-corrected chi connectivity index (χ3v) is 2.26. The van der Waals surface area contributed by atoms with E-state index in [4.69, 9.17) is 9.63 Å². The predicted octanol–water partition coefficient (Wildman–Crippen LogP) is 1.61. The van der Waals surface area contributed by atoms with Gasteiger partial charge in [-0.2, -0.15) is 4.98 Å². The van der Waals surface area contributed by atoms with Gasteiger partial charge in [0.05, 0.1) is 6.54 Å². The third-order valence-electron chi connectivity index (χ3n) is 2.26. The van der Waals surface area contributed by atoms with Crippen LogP contribution in [0, 0.1) is 12.3 Å². The molecule has 1 rings (SSSR count). The van der Waals surface area contributed by atoms with Gasteiger partial charge in [-0.3, -0.25) is 4.90 Å². The lowest BCUT2D eigenvalue weighted by molar-refractivity contribution is 0.150. The topological polar surface area (TPSA) is 62.4 Å². The van der Waals surface area contributed by atoms with Crippen LogP contribution in [0.2, 0.25) is 0 Å². The second kappa shape index (κ2) is 6.12. The Morgan fingerprint density at radius 1 is 1.35 bits per heavy atom. The number of aliphatic hydroxyl groups is 1. The molecule has 0 saturated heterocycles. The Kier molecular flexibility index (Phi) is 5.08. The molecule has 0 spiro atoms. The van der Waals surface area contributed by atoms with Crippen LogP contribution in [0.3, 0.4) is 0 Å². The fraction of sp³-hybridized carbons (Fsp3) is 0.833. The molecule has 17 heavy (non-hydrogen) atoms. The monoisotopic (exact) mass is 241 g/mol. The number of hydrogen-bond acceptors (Lipinski definition) is 5. The van der Waals surface area contributed by atoms with Crippen molar-refractivity contribution in [1.82, 2.24) is 15.0 Å². The van der Waals surface area contributed by atoms with Crippen LogP contribution in [0.4, 0.5) is 0 Å². The summed E-state index contributed by atoms with van der Waals surface area (Å²) in [6, 6.07) is 0. The fourth-order valence-electron chi connectivity index (χ4n) is 1.77. The summed E-state index contributed by atoms with van der Waals surface area (Å²) in [7, 11) is 0. The molecule has 5 nitrogen and oxygen atoms in total. The third kappa shape index (κ3) is 5.79. The lowest BCUT2D eigenvalue weighted by atomic mass is 9.96. The van der Waals surface area contributed by atoms with Crippen molar-refractivity contribution in [3.63, 3.8) is 0 Å². The van der Waals surface area contributed by atoms with E-state index in [0.29, 0.717) is 18.3 Å². The predicted molar refractivity (Wildman–Crippen MR) is 65.5 cm³/mol. The van der Waals surface area contributed by atoms with Crippen molar-refractivity contribution in [2.45, 2.75) is 40.7 Å². The van der Waals surface area contributed by atoms with E-state index in [-0.39, 0.29) is 12.0 Å². The van der Waals surface area contributed by atoms with E-state index in [1.807, 2.05) is 6.92 Å². The van der Waals surface area contributed by atoms with Crippen LogP contribution in [0.5, 0.6) is 0 Å². The van der Waals surface area contributed by atoms with Gasteiger partial charge in [0, 0.05) is 19.7 Å². The minimum absolute atomic E-state index is 0.212. The SMILES string of the molecule is Cc1noc(CN(CCCO)CC(C)(C)C)n1. The number of rotatable bonds is 6. The van der Waals surface area contributed by atoms with Gasteiger partial charge in [-0.15, -0.1) is 0 Å². The van der Waals surface area contributed by atoms with Gasteiger partial charge in [0.1, 0.15) is 0 Å². The minimum atomic E-state index is 0.212. The van der Waals surface area contributed by atoms with Gasteiger partial charge < -0.3 is 9.63 Å². The number of hydrogen-bond donors (Lipinski definition) is 1. The van der Waals surface area contributed by atoms with Crippen molar-refractivity contribution >= 4 is 0 Å². The molecule has 0 bridgehead atoms. The Morgan fingerprint density at radius 3 is 2.53 bits per heavy atom. The average molecular weight is 241 g/mol. The maximum Gasteiger partial charge on any atom is 0.240 e. The first kappa shape index (κ1) is 14.1. The molecular formula is C12H23N3O2. The van der Waals surface area contributed by atoms with Gasteiger partial charge in [0.15, 0.2) is 5.82 Å². The summed E-state index contributed by atoms with van der Waals surface area (Å²) in [5.74, 6) is 1.31. The highest BCUT2D eigenvalue weighted by Crippen LogP contribution is 2.17. The highest BCUT2D eigenvalue weighted by atomic mass is 16.5. The zero-order chi connectivity index (χ0) is 12.9. The van der Waals surface area contributed by atoms with Crippen LogP contribution in [0.1, 0.15) is 38.9 Å². The highest BCUT2D eigenvalue weighted by Gasteiger charge is 2.18. The molecule has 0 amide bonds. The zero-order valence-electron chi connectivity index (χ0n) is 11.2. The Hall–Kier alpha value is -0.940. The molecule has 5 heteroatoms. The minimum Gasteiger partial charge on any atom is -0.396 e. The first-order valence-electron chi connectivity index (χ1n) is 6.03. The molecule has 0 aliphatic heterocycles. The van der Waals surface area contributed by atoms with Gasteiger partial charge in [-0.25, -0.2) is 0 Å². The van der Waals surface area contributed by atoms with Gasteiger partial charge in [-0.1, -0.05) is 25.9 Å². The van der Waals surface area contributed by atoms with Crippen molar-refractivity contribution < 1.29 is 9.63 Å². The molecule has 0 saturated carbocycles. The molecule has 1 aromatic rings. The van der Waals surface area contributed by atoms with Crippen LogP contribution in [-0.2, 0) is 6.54 Å². The number of nitrogens with zero attached hydrogens (tertiary/aromatic N) is 3. The molecule has 1 N–H and O–H groups in total. The fourth-order valence-corrected chi connectivity index (χ4v) is 1.77. The van der Waals surface area contributed by atoms with Crippen LogP contribution in [0.25, 0.3) is 0 Å². The van der Waals surface area contributed by atoms with Crippen LogP contribution in [0.15, 0.2) is 4.52 Å². The maximum atomic E-state index is 8.91. The summed E-state index contributed by atoms with van der Waals surface area (Å²) in [4.78, 5) is 6.45. The van der Waals surface area contributed by atoms with E-state index in [0.717, 1.165) is 19.5 Å². The molecule has 0 aromatic carbocycles.